The van der Waals surface area contributed by atoms with E-state index in [-0.39, 0.29) is 11.8 Å². The second kappa shape index (κ2) is 8.45. The number of aryl methyl sites for hydroxylation is 1. The van der Waals surface area contributed by atoms with Crippen molar-refractivity contribution in [2.24, 2.45) is 0 Å². The summed E-state index contributed by atoms with van der Waals surface area (Å²) in [6.45, 7) is -1.17. The number of ether oxygens (including phenoxy) is 1. The fraction of sp³-hybridized carbons (Fsp3) is 0.364. The van der Waals surface area contributed by atoms with E-state index in [1.165, 1.54) is 6.07 Å². The predicted octanol–water partition coefficient (Wildman–Crippen LogP) is 3.89. The van der Waals surface area contributed by atoms with Gasteiger partial charge in [-0.3, -0.25) is 0 Å². The molecule has 1 aliphatic heterocycles. The minimum absolute atomic E-state index is 0.0895. The number of nitrogens with zero attached hydrogens (tertiary/aromatic N) is 2. The van der Waals surface area contributed by atoms with Crippen LogP contribution in [0, 0.1) is 0 Å². The topological polar surface area (TPSA) is 49.9 Å². The largest absolute Gasteiger partial charge is 0.435 e. The second-order valence-corrected chi connectivity index (χ2v) is 9.60. The highest BCUT2D eigenvalue weighted by molar-refractivity contribution is 7.93. The van der Waals surface area contributed by atoms with Gasteiger partial charge in [0.05, 0.1) is 10.9 Å². The highest BCUT2D eigenvalue weighted by Crippen LogP contribution is 2.35. The van der Waals surface area contributed by atoms with Crippen molar-refractivity contribution in [3.05, 3.63) is 70.1 Å². The third kappa shape index (κ3) is 4.26. The van der Waals surface area contributed by atoms with Gasteiger partial charge in [-0.05, 0) is 54.8 Å². The van der Waals surface area contributed by atoms with Crippen molar-refractivity contribution in [2.45, 2.75) is 25.5 Å². The molecule has 1 saturated heterocycles. The average Bonchev–Trinajstić information content (AvgIpc) is 2.73. The number of sulfonamides is 1. The predicted molar refractivity (Wildman–Crippen MR) is 112 cm³/mol. The molecule has 2 aromatic carbocycles. The van der Waals surface area contributed by atoms with Crippen LogP contribution in [0.2, 0.25) is 0 Å². The number of hydrogen-bond acceptors (Lipinski definition) is 4. The first kappa shape index (κ1) is 21.0. The van der Waals surface area contributed by atoms with Gasteiger partial charge in [-0.15, -0.1) is 0 Å². The normalized spacial score (nSPS) is 20.7. The van der Waals surface area contributed by atoms with Crippen LogP contribution in [0.5, 0.6) is 5.75 Å². The Hall–Kier alpha value is -2.29. The van der Waals surface area contributed by atoms with Gasteiger partial charge in [-0.25, -0.2) is 8.42 Å². The number of likely N-dealkylation sites (N-methyl/N-ethyl adjacent to an activating group) is 1. The SMILES string of the molecule is CN1CCN(S(=O)(=O)C2=Cc3ccc(OC(F)F)cc3CC2)C(c2ccccc2)C1. The lowest BCUT2D eigenvalue weighted by Gasteiger charge is -2.40. The Morgan fingerprint density at radius 3 is 2.57 bits per heavy atom. The Kier molecular flexibility index (Phi) is 5.90. The zero-order valence-electron chi connectivity index (χ0n) is 16.7. The molecule has 1 unspecified atom stereocenters. The number of benzene rings is 2. The number of allylic oxidation sites excluding steroid dienone is 1. The van der Waals surface area contributed by atoms with Crippen molar-refractivity contribution in [1.29, 1.82) is 0 Å². The first-order valence-electron chi connectivity index (χ1n) is 9.88. The first-order chi connectivity index (χ1) is 14.3. The van der Waals surface area contributed by atoms with Gasteiger partial charge < -0.3 is 9.64 Å². The van der Waals surface area contributed by atoms with Crippen LogP contribution in [-0.4, -0.2) is 50.9 Å². The number of piperazine rings is 1. The number of alkyl halides is 2. The Bertz CT molecular complexity index is 1040. The second-order valence-electron chi connectivity index (χ2n) is 7.65. The molecule has 0 bridgehead atoms. The quantitative estimate of drug-likeness (QED) is 0.716. The molecule has 5 nitrogen and oxygen atoms in total. The molecule has 160 valence electrons. The van der Waals surface area contributed by atoms with E-state index in [0.717, 1.165) is 16.7 Å². The third-order valence-corrected chi connectivity index (χ3v) is 7.69. The molecule has 2 aromatic rings. The van der Waals surface area contributed by atoms with E-state index in [4.69, 9.17) is 0 Å². The van der Waals surface area contributed by atoms with Gasteiger partial charge in [0.25, 0.3) is 0 Å². The van der Waals surface area contributed by atoms with Crippen LogP contribution in [0.15, 0.2) is 53.4 Å². The molecule has 0 aromatic heterocycles. The smallest absolute Gasteiger partial charge is 0.387 e. The Balaban J connectivity index is 1.65. The number of halogens is 2. The van der Waals surface area contributed by atoms with Crippen LogP contribution in [0.3, 0.4) is 0 Å². The maximum atomic E-state index is 13.6. The summed E-state index contributed by atoms with van der Waals surface area (Å²) in [7, 11) is -1.67. The van der Waals surface area contributed by atoms with Gasteiger partial charge in [0.1, 0.15) is 5.75 Å². The zero-order valence-corrected chi connectivity index (χ0v) is 17.5. The minimum Gasteiger partial charge on any atom is -0.435 e. The van der Waals surface area contributed by atoms with Crippen LogP contribution < -0.4 is 4.74 Å². The van der Waals surface area contributed by atoms with Crippen LogP contribution in [0.1, 0.15) is 29.2 Å². The molecule has 0 saturated carbocycles. The fourth-order valence-electron chi connectivity index (χ4n) is 4.11. The van der Waals surface area contributed by atoms with Gasteiger partial charge in [0.15, 0.2) is 0 Å². The molecule has 1 aliphatic carbocycles. The standard InChI is InChI=1S/C22H24F2N2O3S/c1-25-11-12-26(21(15-25)16-5-3-2-4-6-16)30(27,28)20-10-8-17-13-19(29-22(23)24)9-7-18(17)14-20/h2-7,9,13-14,21-22H,8,10-12,15H2,1H3. The Morgan fingerprint density at radius 1 is 1.07 bits per heavy atom. The van der Waals surface area contributed by atoms with Gasteiger partial charge in [0, 0.05) is 19.6 Å². The van der Waals surface area contributed by atoms with Crippen LogP contribution in [-0.2, 0) is 16.4 Å². The van der Waals surface area contributed by atoms with Crippen LogP contribution >= 0.6 is 0 Å². The van der Waals surface area contributed by atoms with E-state index in [1.807, 2.05) is 37.4 Å². The molecule has 30 heavy (non-hydrogen) atoms. The molecular formula is C22H24F2N2O3S. The number of hydrogen-bond donors (Lipinski definition) is 0. The van der Waals surface area contributed by atoms with Crippen LogP contribution in [0.25, 0.3) is 6.08 Å². The summed E-state index contributed by atoms with van der Waals surface area (Å²) in [5.41, 5.74) is 2.51. The molecule has 0 radical (unpaired) electrons. The molecular weight excluding hydrogens is 410 g/mol. The first-order valence-corrected chi connectivity index (χ1v) is 11.3. The molecule has 0 amide bonds. The van der Waals surface area contributed by atoms with Crippen LogP contribution in [0.4, 0.5) is 8.78 Å². The van der Waals surface area contributed by atoms with Gasteiger partial charge in [-0.1, -0.05) is 36.4 Å². The lowest BCUT2D eigenvalue weighted by molar-refractivity contribution is -0.0498. The van der Waals surface area contributed by atoms with E-state index in [9.17, 15) is 17.2 Å². The summed E-state index contributed by atoms with van der Waals surface area (Å²) in [5.74, 6) is 0.0895. The highest BCUT2D eigenvalue weighted by atomic mass is 32.2. The van der Waals surface area contributed by atoms with Crippen molar-refractivity contribution in [3.63, 3.8) is 0 Å². The van der Waals surface area contributed by atoms with Crippen molar-refractivity contribution >= 4 is 16.1 Å². The van der Waals surface area contributed by atoms with Crippen molar-refractivity contribution in [3.8, 4) is 5.75 Å². The molecule has 8 heteroatoms. The van der Waals surface area contributed by atoms with Gasteiger partial charge >= 0.3 is 6.61 Å². The number of rotatable bonds is 5. The van der Waals surface area contributed by atoms with E-state index in [1.54, 1.807) is 22.5 Å². The zero-order chi connectivity index (χ0) is 21.3. The van der Waals surface area contributed by atoms with Gasteiger partial charge in [-0.2, -0.15) is 13.1 Å². The van der Waals surface area contributed by atoms with Crippen molar-refractivity contribution in [1.82, 2.24) is 9.21 Å². The lowest BCUT2D eigenvalue weighted by atomic mass is 9.97. The number of fused-ring (bicyclic) bond motifs is 1. The summed E-state index contributed by atoms with van der Waals surface area (Å²) in [6.07, 6.45) is 2.46. The molecule has 4 rings (SSSR count). The summed E-state index contributed by atoms with van der Waals surface area (Å²) >= 11 is 0. The summed E-state index contributed by atoms with van der Waals surface area (Å²) in [4.78, 5) is 2.50. The molecule has 1 fully saturated rings. The molecule has 0 spiro atoms. The van der Waals surface area contributed by atoms with E-state index in [2.05, 4.69) is 9.64 Å². The molecule has 2 aliphatic rings. The monoisotopic (exact) mass is 434 g/mol. The maximum absolute atomic E-state index is 13.6. The summed E-state index contributed by atoms with van der Waals surface area (Å²) in [5, 5.41) is 0. The average molecular weight is 435 g/mol. The Morgan fingerprint density at radius 2 is 1.83 bits per heavy atom. The third-order valence-electron chi connectivity index (χ3n) is 5.66. The molecule has 0 N–H and O–H groups in total. The van der Waals surface area contributed by atoms with Crippen molar-refractivity contribution in [2.75, 3.05) is 26.7 Å². The van der Waals surface area contributed by atoms with E-state index < -0.39 is 16.6 Å². The fourth-order valence-corrected chi connectivity index (χ4v) is 5.89. The Labute approximate surface area is 175 Å². The summed E-state index contributed by atoms with van der Waals surface area (Å²) < 4.78 is 58.1. The lowest BCUT2D eigenvalue weighted by Crippen LogP contribution is -2.49. The minimum atomic E-state index is -3.66. The molecule has 1 heterocycles. The summed E-state index contributed by atoms with van der Waals surface area (Å²) in [6, 6.07) is 14.1. The maximum Gasteiger partial charge on any atom is 0.387 e. The van der Waals surface area contributed by atoms with Gasteiger partial charge in [0.2, 0.25) is 10.0 Å². The van der Waals surface area contributed by atoms with E-state index >= 15 is 0 Å². The van der Waals surface area contributed by atoms with E-state index in [0.29, 0.717) is 37.4 Å². The molecule has 1 atom stereocenters. The highest BCUT2D eigenvalue weighted by Gasteiger charge is 2.37. The van der Waals surface area contributed by atoms with Crippen molar-refractivity contribution < 1.29 is 21.9 Å².